The molecule has 78 heavy (non-hydrogen) atoms. The van der Waals surface area contributed by atoms with Crippen molar-refractivity contribution in [3.8, 4) is 33.4 Å². The first-order valence-corrected chi connectivity index (χ1v) is 26.9. The fourth-order valence-electron chi connectivity index (χ4n) is 12.3. The fourth-order valence-corrected chi connectivity index (χ4v) is 12.3. The Bertz CT molecular complexity index is 4800. The second-order valence-electron chi connectivity index (χ2n) is 20.4. The normalized spacial score (nSPS) is 11.6. The number of fused-ring (bicyclic) bond motifs is 8. The van der Waals surface area contributed by atoms with Crippen molar-refractivity contribution in [2.24, 2.45) is 0 Å². The van der Waals surface area contributed by atoms with Crippen LogP contribution in [0.15, 0.2) is 303 Å². The number of nitrogens with zero attached hydrogens (tertiary/aromatic N) is 2. The maximum Gasteiger partial charge on any atom is 0.0468 e. The summed E-state index contributed by atoms with van der Waals surface area (Å²) >= 11 is 0. The van der Waals surface area contributed by atoms with Crippen LogP contribution in [0.3, 0.4) is 0 Å². The molecule has 0 aromatic heterocycles. The van der Waals surface area contributed by atoms with Crippen LogP contribution in [-0.4, -0.2) is 0 Å². The summed E-state index contributed by atoms with van der Waals surface area (Å²) in [6, 6.07) is 112. The zero-order valence-electron chi connectivity index (χ0n) is 42.8. The van der Waals surface area contributed by atoms with E-state index in [0.717, 1.165) is 39.7 Å². The molecule has 15 aromatic rings. The van der Waals surface area contributed by atoms with E-state index in [4.69, 9.17) is 0 Å². The van der Waals surface area contributed by atoms with Gasteiger partial charge in [0.2, 0.25) is 0 Å². The topological polar surface area (TPSA) is 6.48 Å². The SMILES string of the molecule is c1ccc(N(c2ccc3ccccc3c2)c2ccc3c(-c4cccc5ccccc45)c4cc(N(c5ccccc5)c5ccc6ccccc6c5)ccc4c(-c4cccc(-c5cc6ccccc6c6ccccc56)c4)c3c2)cc1. The van der Waals surface area contributed by atoms with E-state index in [9.17, 15) is 0 Å². The molecule has 15 aromatic carbocycles. The van der Waals surface area contributed by atoms with Crippen molar-refractivity contribution in [1.82, 2.24) is 0 Å². The largest absolute Gasteiger partial charge is 0.310 e. The second kappa shape index (κ2) is 18.8. The number of anilines is 6. The molecule has 0 aliphatic carbocycles. The maximum absolute atomic E-state index is 2.46. The molecule has 0 fully saturated rings. The predicted octanol–water partition coefficient (Wildman–Crippen LogP) is 21.7. The van der Waals surface area contributed by atoms with E-state index >= 15 is 0 Å². The summed E-state index contributed by atoms with van der Waals surface area (Å²) in [6.45, 7) is 0. The van der Waals surface area contributed by atoms with Gasteiger partial charge in [-0.1, -0.05) is 218 Å². The van der Waals surface area contributed by atoms with Crippen LogP contribution in [0.1, 0.15) is 0 Å². The second-order valence-corrected chi connectivity index (χ2v) is 20.4. The van der Waals surface area contributed by atoms with E-state index in [1.807, 2.05) is 0 Å². The van der Waals surface area contributed by atoms with Gasteiger partial charge in [0.25, 0.3) is 0 Å². The third kappa shape index (κ3) is 7.73. The quantitative estimate of drug-likeness (QED) is 0.105. The Morgan fingerprint density at radius 2 is 0.603 bits per heavy atom. The van der Waals surface area contributed by atoms with Gasteiger partial charge in [-0.3, -0.25) is 0 Å². The minimum absolute atomic E-state index is 1.08. The van der Waals surface area contributed by atoms with Crippen molar-refractivity contribution >= 4 is 110 Å². The lowest BCUT2D eigenvalue weighted by Gasteiger charge is -2.28. The third-order valence-electron chi connectivity index (χ3n) is 15.9. The maximum atomic E-state index is 2.46. The zero-order valence-corrected chi connectivity index (χ0v) is 42.8. The van der Waals surface area contributed by atoms with Gasteiger partial charge in [-0.25, -0.2) is 0 Å². The Morgan fingerprint density at radius 3 is 1.23 bits per heavy atom. The van der Waals surface area contributed by atoms with Gasteiger partial charge in [0, 0.05) is 34.1 Å². The van der Waals surface area contributed by atoms with Crippen LogP contribution in [0, 0.1) is 0 Å². The van der Waals surface area contributed by atoms with Gasteiger partial charge in [0.15, 0.2) is 0 Å². The average molecular weight is 991 g/mol. The van der Waals surface area contributed by atoms with E-state index < -0.39 is 0 Å². The van der Waals surface area contributed by atoms with Crippen molar-refractivity contribution in [3.63, 3.8) is 0 Å². The number of rotatable bonds is 9. The van der Waals surface area contributed by atoms with E-state index in [0.29, 0.717) is 0 Å². The van der Waals surface area contributed by atoms with Crippen molar-refractivity contribution in [2.45, 2.75) is 0 Å². The van der Waals surface area contributed by atoms with Crippen LogP contribution in [0.2, 0.25) is 0 Å². The van der Waals surface area contributed by atoms with Crippen molar-refractivity contribution in [1.29, 1.82) is 0 Å². The lowest BCUT2D eigenvalue weighted by Crippen LogP contribution is -2.10. The molecule has 0 amide bonds. The summed E-state index contributed by atoms with van der Waals surface area (Å²) in [7, 11) is 0. The summed E-state index contributed by atoms with van der Waals surface area (Å²) in [5.41, 5.74) is 13.7. The number of hydrogen-bond acceptors (Lipinski definition) is 2. The molecule has 0 unspecified atom stereocenters. The molecule has 15 rings (SSSR count). The van der Waals surface area contributed by atoms with Gasteiger partial charge in [0.1, 0.15) is 0 Å². The molecule has 0 atom stereocenters. The first-order chi connectivity index (χ1) is 38.7. The summed E-state index contributed by atoms with van der Waals surface area (Å²) in [5.74, 6) is 0. The third-order valence-corrected chi connectivity index (χ3v) is 15.9. The fraction of sp³-hybridized carbons (Fsp3) is 0. The Morgan fingerprint density at radius 1 is 0.167 bits per heavy atom. The Labute approximate surface area is 453 Å². The molecular formula is C76H50N2. The van der Waals surface area contributed by atoms with Gasteiger partial charge in [-0.15, -0.1) is 0 Å². The zero-order chi connectivity index (χ0) is 51.5. The molecule has 0 aliphatic heterocycles. The molecule has 2 nitrogen and oxygen atoms in total. The van der Waals surface area contributed by atoms with E-state index in [-0.39, 0.29) is 0 Å². The van der Waals surface area contributed by atoms with Crippen molar-refractivity contribution in [2.75, 3.05) is 9.80 Å². The highest BCUT2D eigenvalue weighted by atomic mass is 15.1. The standard InChI is InChI=1S/C76H50N2/c1-3-28-59(29-4-1)77(61-39-37-51-19-7-9-22-54(51)46-61)63-42-44-71-73(49-63)75(58-27-17-26-56(45-58)72-48-57-24-12-14-33-66(57)67-34-15-16-35-68(67)72)70-43-41-64(50-74(70)76(71)69-36-18-25-53-21-11-13-32-65(53)69)78(60-30-5-2-6-31-60)62-40-38-52-20-8-10-23-55(52)47-62/h1-50H. The molecule has 0 N–H and O–H groups in total. The van der Waals surface area contributed by atoms with Crippen molar-refractivity contribution < 1.29 is 0 Å². The molecule has 2 heteroatoms. The van der Waals surface area contributed by atoms with Crippen LogP contribution in [0.25, 0.3) is 109 Å². The van der Waals surface area contributed by atoms with Crippen LogP contribution < -0.4 is 9.80 Å². The molecular weight excluding hydrogens is 941 g/mol. The van der Waals surface area contributed by atoms with Crippen LogP contribution in [0.4, 0.5) is 34.1 Å². The van der Waals surface area contributed by atoms with Crippen LogP contribution in [-0.2, 0) is 0 Å². The summed E-state index contributed by atoms with van der Waals surface area (Å²) in [6.07, 6.45) is 0. The van der Waals surface area contributed by atoms with Crippen LogP contribution in [0.5, 0.6) is 0 Å². The highest BCUT2D eigenvalue weighted by Crippen LogP contribution is 2.50. The van der Waals surface area contributed by atoms with E-state index in [2.05, 4.69) is 313 Å². The highest BCUT2D eigenvalue weighted by molar-refractivity contribution is 6.25. The van der Waals surface area contributed by atoms with Crippen LogP contribution >= 0.6 is 0 Å². The Balaban J connectivity index is 1.06. The first kappa shape index (κ1) is 45.1. The molecule has 364 valence electrons. The lowest BCUT2D eigenvalue weighted by molar-refractivity contribution is 1.29. The summed E-state index contributed by atoms with van der Waals surface area (Å²) in [4.78, 5) is 4.83. The Hall–Kier alpha value is -10.3. The van der Waals surface area contributed by atoms with Gasteiger partial charge >= 0.3 is 0 Å². The van der Waals surface area contributed by atoms with Gasteiger partial charge in [0.05, 0.1) is 0 Å². The minimum Gasteiger partial charge on any atom is -0.310 e. The minimum atomic E-state index is 1.08. The molecule has 0 aliphatic rings. The van der Waals surface area contributed by atoms with E-state index in [1.54, 1.807) is 0 Å². The van der Waals surface area contributed by atoms with Gasteiger partial charge in [-0.05, 0) is 194 Å². The molecule has 0 saturated carbocycles. The predicted molar refractivity (Wildman–Crippen MR) is 335 cm³/mol. The Kier molecular flexibility index (Phi) is 10.9. The number of hydrogen-bond donors (Lipinski definition) is 0. The summed E-state index contributed by atoms with van der Waals surface area (Å²) in [5, 5.41) is 16.9. The molecule has 0 saturated heterocycles. The number of benzene rings is 15. The van der Waals surface area contributed by atoms with Crippen molar-refractivity contribution in [3.05, 3.63) is 303 Å². The smallest absolute Gasteiger partial charge is 0.0468 e. The molecule has 0 radical (unpaired) electrons. The highest BCUT2D eigenvalue weighted by Gasteiger charge is 2.24. The summed E-state index contributed by atoms with van der Waals surface area (Å²) < 4.78 is 0. The van der Waals surface area contributed by atoms with Gasteiger partial charge in [-0.2, -0.15) is 0 Å². The monoisotopic (exact) mass is 990 g/mol. The van der Waals surface area contributed by atoms with Gasteiger partial charge < -0.3 is 9.80 Å². The molecule has 0 spiro atoms. The van der Waals surface area contributed by atoms with E-state index in [1.165, 1.54) is 103 Å². The number of para-hydroxylation sites is 2. The molecule has 0 heterocycles. The molecule has 0 bridgehead atoms. The lowest BCUT2D eigenvalue weighted by atomic mass is 9.83. The average Bonchev–Trinajstić information content (AvgIpc) is 3.69. The first-order valence-electron chi connectivity index (χ1n) is 26.9.